The number of halogens is 1. The number of aromatic nitrogens is 1. The lowest BCUT2D eigenvalue weighted by molar-refractivity contribution is 0.175. The topological polar surface area (TPSA) is 36.4 Å². The fourth-order valence-corrected chi connectivity index (χ4v) is 4.59. The zero-order valence-electron chi connectivity index (χ0n) is 15.3. The number of nitrogens with zero attached hydrogens (tertiary/aromatic N) is 2. The van der Waals surface area contributed by atoms with Crippen molar-refractivity contribution < 1.29 is 5.11 Å². The van der Waals surface area contributed by atoms with Crippen molar-refractivity contribution in [1.29, 1.82) is 0 Å². The van der Waals surface area contributed by atoms with E-state index in [2.05, 4.69) is 23.1 Å². The number of benzene rings is 2. The van der Waals surface area contributed by atoms with E-state index in [1.54, 1.807) is 0 Å². The maximum absolute atomic E-state index is 9.90. The first-order chi connectivity index (χ1) is 13.2. The van der Waals surface area contributed by atoms with Crippen LogP contribution in [0.2, 0.25) is 5.02 Å². The Morgan fingerprint density at radius 1 is 1.07 bits per heavy atom. The Bertz CT molecular complexity index is 999. The van der Waals surface area contributed by atoms with E-state index in [-0.39, 0.29) is 6.10 Å². The summed E-state index contributed by atoms with van der Waals surface area (Å²) in [6.45, 7) is 2.49. The molecule has 2 aliphatic rings. The summed E-state index contributed by atoms with van der Waals surface area (Å²) in [5.41, 5.74) is 7.34. The second-order valence-corrected chi connectivity index (χ2v) is 8.28. The molecule has 1 fully saturated rings. The summed E-state index contributed by atoms with van der Waals surface area (Å²) in [7, 11) is 0. The number of likely N-dealkylation sites (tertiary alicyclic amines) is 1. The van der Waals surface area contributed by atoms with Crippen LogP contribution in [0.3, 0.4) is 0 Å². The van der Waals surface area contributed by atoms with E-state index in [4.69, 9.17) is 16.6 Å². The number of aryl methyl sites for hydroxylation is 2. The van der Waals surface area contributed by atoms with Gasteiger partial charge in [0.25, 0.3) is 0 Å². The van der Waals surface area contributed by atoms with Crippen LogP contribution < -0.4 is 0 Å². The molecule has 1 aliphatic heterocycles. The highest BCUT2D eigenvalue weighted by Gasteiger charge is 2.22. The molecule has 1 aliphatic carbocycles. The van der Waals surface area contributed by atoms with Crippen LogP contribution in [0.4, 0.5) is 0 Å². The van der Waals surface area contributed by atoms with E-state index < -0.39 is 0 Å². The highest BCUT2D eigenvalue weighted by atomic mass is 35.5. The van der Waals surface area contributed by atoms with E-state index in [9.17, 15) is 5.11 Å². The van der Waals surface area contributed by atoms with Crippen LogP contribution in [-0.4, -0.2) is 34.2 Å². The van der Waals surface area contributed by atoms with Gasteiger partial charge in [-0.25, -0.2) is 4.98 Å². The summed E-state index contributed by atoms with van der Waals surface area (Å²) in [6.07, 6.45) is 4.23. The average Bonchev–Trinajstić information content (AvgIpc) is 3.28. The monoisotopic (exact) mass is 378 g/mol. The van der Waals surface area contributed by atoms with Gasteiger partial charge >= 0.3 is 0 Å². The van der Waals surface area contributed by atoms with Crippen LogP contribution in [0.15, 0.2) is 42.5 Å². The summed E-state index contributed by atoms with van der Waals surface area (Å²) in [4.78, 5) is 7.40. The molecule has 3 nitrogen and oxygen atoms in total. The van der Waals surface area contributed by atoms with Crippen molar-refractivity contribution in [3.05, 3.63) is 64.2 Å². The van der Waals surface area contributed by atoms with Gasteiger partial charge in [0.1, 0.15) is 0 Å². The van der Waals surface area contributed by atoms with E-state index >= 15 is 0 Å². The second-order valence-electron chi connectivity index (χ2n) is 7.85. The van der Waals surface area contributed by atoms with E-state index in [1.807, 2.05) is 24.3 Å². The van der Waals surface area contributed by atoms with Gasteiger partial charge in [-0.15, -0.1) is 0 Å². The van der Waals surface area contributed by atoms with E-state index in [0.717, 1.165) is 54.3 Å². The fraction of sp³-hybridized carbons (Fsp3) is 0.348. The van der Waals surface area contributed by atoms with Gasteiger partial charge in [-0.2, -0.15) is 0 Å². The summed E-state index contributed by atoms with van der Waals surface area (Å²) in [5.74, 6) is 0. The lowest BCUT2D eigenvalue weighted by Crippen LogP contribution is -2.22. The van der Waals surface area contributed by atoms with Crippen molar-refractivity contribution in [3.8, 4) is 11.3 Å². The van der Waals surface area contributed by atoms with Gasteiger partial charge in [0.15, 0.2) is 0 Å². The van der Waals surface area contributed by atoms with Gasteiger partial charge in [-0.3, -0.25) is 4.90 Å². The summed E-state index contributed by atoms with van der Waals surface area (Å²) >= 11 is 6.10. The molecule has 2 heterocycles. The van der Waals surface area contributed by atoms with E-state index in [0.29, 0.717) is 0 Å². The predicted molar refractivity (Wildman–Crippen MR) is 110 cm³/mol. The van der Waals surface area contributed by atoms with Crippen molar-refractivity contribution in [3.63, 3.8) is 0 Å². The summed E-state index contributed by atoms with van der Waals surface area (Å²) < 4.78 is 0. The highest BCUT2D eigenvalue weighted by Crippen LogP contribution is 2.32. The maximum Gasteiger partial charge on any atom is 0.0754 e. The van der Waals surface area contributed by atoms with Crippen LogP contribution in [0.5, 0.6) is 0 Å². The molecule has 0 bridgehead atoms. The Morgan fingerprint density at radius 3 is 2.59 bits per heavy atom. The SMILES string of the molecule is O[C@@H]1CCN(Cc2cc3cc4c(cc3nc2-c2ccc(Cl)cc2)CCC4)C1. The number of aliphatic hydroxyl groups excluding tert-OH is 1. The van der Waals surface area contributed by atoms with Gasteiger partial charge in [-0.05, 0) is 72.7 Å². The fourth-order valence-electron chi connectivity index (χ4n) is 4.47. The molecule has 1 aromatic heterocycles. The number of β-amino-alcohol motifs (C(OH)–C–C–N with tert-alkyl or cyclic N) is 1. The third kappa shape index (κ3) is 3.36. The number of hydrogen-bond donors (Lipinski definition) is 1. The third-order valence-corrected chi connectivity index (χ3v) is 6.12. The normalized spacial score (nSPS) is 19.7. The van der Waals surface area contributed by atoms with Gasteiger partial charge < -0.3 is 5.11 Å². The quantitative estimate of drug-likeness (QED) is 0.723. The molecule has 5 rings (SSSR count). The smallest absolute Gasteiger partial charge is 0.0754 e. The molecule has 1 atom stereocenters. The van der Waals surface area contributed by atoms with Crippen LogP contribution in [0.25, 0.3) is 22.2 Å². The Hall–Kier alpha value is -1.94. The minimum Gasteiger partial charge on any atom is -0.392 e. The molecule has 0 spiro atoms. The lowest BCUT2D eigenvalue weighted by atomic mass is 10.00. The molecule has 0 saturated carbocycles. The standard InChI is InChI=1S/C23H23ClN2O/c24-20-6-4-15(5-7-20)23-19(13-26-9-8-21(27)14-26)11-18-10-16-2-1-3-17(16)12-22(18)25-23/h4-7,10-12,21,27H,1-3,8-9,13-14H2/t21-/m1/s1. The molecule has 3 aromatic rings. The number of hydrogen-bond acceptors (Lipinski definition) is 3. The van der Waals surface area contributed by atoms with Crippen molar-refractivity contribution in [2.45, 2.75) is 38.3 Å². The molecule has 4 heteroatoms. The molecule has 0 amide bonds. The molecule has 1 saturated heterocycles. The summed E-state index contributed by atoms with van der Waals surface area (Å²) in [6, 6.07) is 14.9. The second kappa shape index (κ2) is 6.90. The van der Waals surface area contributed by atoms with Crippen LogP contribution in [0, 0.1) is 0 Å². The number of aliphatic hydroxyl groups is 1. The molecular weight excluding hydrogens is 356 g/mol. The first kappa shape index (κ1) is 17.2. The Kier molecular flexibility index (Phi) is 4.39. The first-order valence-corrected chi connectivity index (χ1v) is 10.2. The number of rotatable bonds is 3. The molecule has 2 aromatic carbocycles. The van der Waals surface area contributed by atoms with E-state index in [1.165, 1.54) is 34.9 Å². The number of pyridine rings is 1. The third-order valence-electron chi connectivity index (χ3n) is 5.87. The largest absolute Gasteiger partial charge is 0.392 e. The predicted octanol–water partition coefficient (Wildman–Crippen LogP) is 4.61. The Morgan fingerprint density at radius 2 is 1.85 bits per heavy atom. The summed E-state index contributed by atoms with van der Waals surface area (Å²) in [5, 5.41) is 11.9. The maximum atomic E-state index is 9.90. The zero-order chi connectivity index (χ0) is 18.4. The van der Waals surface area contributed by atoms with Gasteiger partial charge in [0, 0.05) is 35.6 Å². The van der Waals surface area contributed by atoms with Gasteiger partial charge in [0.05, 0.1) is 17.3 Å². The van der Waals surface area contributed by atoms with Crippen molar-refractivity contribution in [1.82, 2.24) is 9.88 Å². The van der Waals surface area contributed by atoms with Crippen molar-refractivity contribution in [2.75, 3.05) is 13.1 Å². The van der Waals surface area contributed by atoms with Gasteiger partial charge in [-0.1, -0.05) is 23.7 Å². The molecule has 138 valence electrons. The van der Waals surface area contributed by atoms with Gasteiger partial charge in [0.2, 0.25) is 0 Å². The zero-order valence-corrected chi connectivity index (χ0v) is 16.0. The molecule has 1 N–H and O–H groups in total. The Balaban J connectivity index is 1.63. The Labute approximate surface area is 164 Å². The first-order valence-electron chi connectivity index (χ1n) is 9.77. The molecular formula is C23H23ClN2O. The highest BCUT2D eigenvalue weighted by molar-refractivity contribution is 6.30. The van der Waals surface area contributed by atoms with Crippen LogP contribution in [-0.2, 0) is 19.4 Å². The minimum atomic E-state index is -0.208. The van der Waals surface area contributed by atoms with Crippen molar-refractivity contribution >= 4 is 22.5 Å². The lowest BCUT2D eigenvalue weighted by Gasteiger charge is -2.18. The van der Waals surface area contributed by atoms with Crippen molar-refractivity contribution in [2.24, 2.45) is 0 Å². The minimum absolute atomic E-state index is 0.208. The molecule has 0 radical (unpaired) electrons. The molecule has 0 unspecified atom stereocenters. The van der Waals surface area contributed by atoms with Crippen LogP contribution in [0.1, 0.15) is 29.5 Å². The average molecular weight is 379 g/mol. The van der Waals surface area contributed by atoms with Crippen LogP contribution >= 0.6 is 11.6 Å². The number of fused-ring (bicyclic) bond motifs is 2. The molecule has 27 heavy (non-hydrogen) atoms.